The molecule has 0 spiro atoms. The van der Waals surface area contributed by atoms with Gasteiger partial charge in [-0.1, -0.05) is 27.7 Å². The molecule has 0 radical (unpaired) electrons. The molecule has 0 fully saturated rings. The zero-order valence-electron chi connectivity index (χ0n) is 16.5. The van der Waals surface area contributed by atoms with Crippen LogP contribution < -0.4 is 10.2 Å². The topological polar surface area (TPSA) is 53.9 Å². The van der Waals surface area contributed by atoms with Crippen molar-refractivity contribution in [1.82, 2.24) is 4.90 Å². The summed E-state index contributed by atoms with van der Waals surface area (Å²) in [6.07, 6.45) is 0. The molecule has 27 heavy (non-hydrogen) atoms. The number of anilines is 1. The van der Waals surface area contributed by atoms with E-state index in [1.807, 2.05) is 27.7 Å². The summed E-state index contributed by atoms with van der Waals surface area (Å²) >= 11 is 0. The van der Waals surface area contributed by atoms with Crippen LogP contribution in [0.2, 0.25) is 0 Å². The number of rotatable bonds is 9. The van der Waals surface area contributed by atoms with E-state index in [1.165, 1.54) is 0 Å². The highest BCUT2D eigenvalue weighted by Crippen LogP contribution is 2.19. The molecule has 0 heterocycles. The normalized spacial score (nSPS) is 12.4. The second kappa shape index (κ2) is 10.3. The smallest absolute Gasteiger partial charge is 0.279 e. The average Bonchev–Trinajstić information content (AvgIpc) is 2.53. The number of benzene rings is 1. The van der Waals surface area contributed by atoms with Crippen molar-refractivity contribution in [3.63, 3.8) is 0 Å². The minimum Gasteiger partial charge on any atom is -0.337 e. The summed E-state index contributed by atoms with van der Waals surface area (Å²) in [7, 11) is 1.67. The van der Waals surface area contributed by atoms with E-state index >= 15 is 0 Å². The van der Waals surface area contributed by atoms with Crippen LogP contribution >= 0.6 is 0 Å². The maximum atomic E-state index is 13.6. The maximum absolute atomic E-state index is 13.6. The van der Waals surface area contributed by atoms with Crippen molar-refractivity contribution in [2.45, 2.75) is 27.7 Å². The van der Waals surface area contributed by atoms with Gasteiger partial charge >= 0.3 is 0 Å². The van der Waals surface area contributed by atoms with Crippen LogP contribution in [0.1, 0.15) is 27.7 Å². The third-order valence-electron chi connectivity index (χ3n) is 3.75. The molecular formula is C19H29F3N3O2+. The van der Waals surface area contributed by atoms with Crippen LogP contribution in [0.15, 0.2) is 12.1 Å². The number of hydrogen-bond acceptors (Lipinski definition) is 2. The molecule has 0 aromatic heterocycles. The van der Waals surface area contributed by atoms with Crippen LogP contribution in [-0.4, -0.2) is 49.9 Å². The quantitative estimate of drug-likeness (QED) is 0.633. The van der Waals surface area contributed by atoms with Gasteiger partial charge in [-0.3, -0.25) is 9.59 Å². The van der Waals surface area contributed by atoms with Gasteiger partial charge in [0.05, 0.1) is 12.7 Å². The molecule has 0 aliphatic rings. The fraction of sp³-hybridized carbons (Fsp3) is 0.579. The zero-order valence-corrected chi connectivity index (χ0v) is 16.5. The molecular weight excluding hydrogens is 359 g/mol. The summed E-state index contributed by atoms with van der Waals surface area (Å²) < 4.78 is 39.8. The second-order valence-electron chi connectivity index (χ2n) is 7.67. The molecule has 152 valence electrons. The van der Waals surface area contributed by atoms with Crippen molar-refractivity contribution in [3.8, 4) is 0 Å². The SMILES string of the molecule is CC(C)CN(CC(C)C)C(=O)C[NH+](C)CC(=O)Nc1ccc(F)c(F)c1F. The molecule has 0 aliphatic heterocycles. The van der Waals surface area contributed by atoms with Gasteiger partial charge < -0.3 is 15.1 Å². The largest absolute Gasteiger partial charge is 0.337 e. The van der Waals surface area contributed by atoms with Crippen LogP contribution in [0.3, 0.4) is 0 Å². The number of quaternary nitrogens is 1. The van der Waals surface area contributed by atoms with Crippen LogP contribution in [-0.2, 0) is 9.59 Å². The lowest BCUT2D eigenvalue weighted by atomic mass is 10.1. The predicted octanol–water partition coefficient (Wildman–Crippen LogP) is 1.70. The van der Waals surface area contributed by atoms with Gasteiger partial charge in [-0.25, -0.2) is 13.2 Å². The molecule has 1 atom stereocenters. The number of nitrogens with zero attached hydrogens (tertiary/aromatic N) is 1. The Hall–Kier alpha value is -2.09. The monoisotopic (exact) mass is 388 g/mol. The van der Waals surface area contributed by atoms with Gasteiger partial charge in [0.25, 0.3) is 11.8 Å². The van der Waals surface area contributed by atoms with Crippen LogP contribution in [0.5, 0.6) is 0 Å². The minimum atomic E-state index is -1.64. The third kappa shape index (κ3) is 7.58. The first-order chi connectivity index (χ1) is 12.5. The molecule has 1 aromatic carbocycles. The Morgan fingerprint density at radius 1 is 1.00 bits per heavy atom. The van der Waals surface area contributed by atoms with Gasteiger partial charge in [-0.2, -0.15) is 0 Å². The molecule has 1 aromatic rings. The van der Waals surface area contributed by atoms with Gasteiger partial charge in [0.2, 0.25) is 0 Å². The van der Waals surface area contributed by atoms with Crippen LogP contribution in [0.4, 0.5) is 18.9 Å². The standard InChI is InChI=1S/C19H28F3N3O2/c1-12(2)8-25(9-13(3)4)17(27)11-24(5)10-16(26)23-15-7-6-14(20)18(21)19(15)22/h6-7,12-13H,8-11H2,1-5H3,(H,23,26)/p+1. The maximum Gasteiger partial charge on any atom is 0.279 e. The first-order valence-electron chi connectivity index (χ1n) is 9.03. The molecule has 0 bridgehead atoms. The number of nitrogens with one attached hydrogen (secondary N) is 2. The summed E-state index contributed by atoms with van der Waals surface area (Å²) in [5.74, 6) is -4.42. The van der Waals surface area contributed by atoms with E-state index in [2.05, 4.69) is 5.32 Å². The summed E-state index contributed by atoms with van der Waals surface area (Å²) in [4.78, 5) is 27.0. The highest BCUT2D eigenvalue weighted by atomic mass is 19.2. The molecule has 0 saturated carbocycles. The lowest BCUT2D eigenvalue weighted by molar-refractivity contribution is -0.862. The Balaban J connectivity index is 2.64. The van der Waals surface area contributed by atoms with Gasteiger partial charge in [0.15, 0.2) is 30.5 Å². The lowest BCUT2D eigenvalue weighted by Crippen LogP contribution is -3.11. The van der Waals surface area contributed by atoms with Crippen molar-refractivity contribution in [2.75, 3.05) is 38.5 Å². The van der Waals surface area contributed by atoms with Crippen molar-refractivity contribution >= 4 is 17.5 Å². The van der Waals surface area contributed by atoms with E-state index in [4.69, 9.17) is 0 Å². The molecule has 1 rings (SSSR count). The number of carbonyl (C=O) groups excluding carboxylic acids is 2. The van der Waals surface area contributed by atoms with Gasteiger partial charge in [0.1, 0.15) is 0 Å². The lowest BCUT2D eigenvalue weighted by Gasteiger charge is -2.27. The van der Waals surface area contributed by atoms with Crippen LogP contribution in [0.25, 0.3) is 0 Å². The Morgan fingerprint density at radius 2 is 1.56 bits per heavy atom. The third-order valence-corrected chi connectivity index (χ3v) is 3.75. The van der Waals surface area contributed by atoms with E-state index in [-0.39, 0.29) is 19.0 Å². The average molecular weight is 388 g/mol. The Bertz CT molecular complexity index is 656. The minimum absolute atomic E-state index is 0.0679. The van der Waals surface area contributed by atoms with Crippen molar-refractivity contribution in [3.05, 3.63) is 29.6 Å². The van der Waals surface area contributed by atoms with E-state index in [1.54, 1.807) is 11.9 Å². The van der Waals surface area contributed by atoms with E-state index in [0.29, 0.717) is 29.8 Å². The first kappa shape index (κ1) is 23.0. The number of hydrogen-bond donors (Lipinski definition) is 2. The van der Waals surface area contributed by atoms with Gasteiger partial charge in [-0.05, 0) is 24.0 Å². The van der Waals surface area contributed by atoms with Crippen LogP contribution in [0, 0.1) is 29.3 Å². The number of likely N-dealkylation sites (N-methyl/N-ethyl adjacent to an activating group) is 1. The van der Waals surface area contributed by atoms with E-state index in [9.17, 15) is 22.8 Å². The summed E-state index contributed by atoms with van der Waals surface area (Å²) in [5.41, 5.74) is -0.431. The predicted molar refractivity (Wildman–Crippen MR) is 97.8 cm³/mol. The molecule has 2 amide bonds. The van der Waals surface area contributed by atoms with E-state index in [0.717, 1.165) is 12.1 Å². The zero-order chi connectivity index (χ0) is 20.7. The molecule has 2 N–H and O–H groups in total. The number of halogens is 3. The summed E-state index contributed by atoms with van der Waals surface area (Å²) in [6, 6.07) is 1.70. The Kier molecular flexibility index (Phi) is 8.75. The Morgan fingerprint density at radius 3 is 2.07 bits per heavy atom. The molecule has 0 saturated heterocycles. The second-order valence-corrected chi connectivity index (χ2v) is 7.67. The number of carbonyl (C=O) groups is 2. The fourth-order valence-corrected chi connectivity index (χ4v) is 2.68. The van der Waals surface area contributed by atoms with Crippen molar-refractivity contribution in [2.24, 2.45) is 11.8 Å². The van der Waals surface area contributed by atoms with Gasteiger partial charge in [-0.15, -0.1) is 0 Å². The Labute approximate surface area is 158 Å². The summed E-state index contributed by atoms with van der Waals surface area (Å²) in [5, 5.41) is 2.21. The highest BCUT2D eigenvalue weighted by molar-refractivity contribution is 5.91. The molecule has 8 heteroatoms. The molecule has 5 nitrogen and oxygen atoms in total. The molecule has 0 aliphatic carbocycles. The fourth-order valence-electron chi connectivity index (χ4n) is 2.68. The van der Waals surface area contributed by atoms with Gasteiger partial charge in [0, 0.05) is 13.1 Å². The van der Waals surface area contributed by atoms with Crippen molar-refractivity contribution < 1.29 is 27.7 Å². The van der Waals surface area contributed by atoms with E-state index < -0.39 is 29.0 Å². The van der Waals surface area contributed by atoms with Crippen molar-refractivity contribution in [1.29, 1.82) is 0 Å². The molecule has 1 unspecified atom stereocenters. The highest BCUT2D eigenvalue weighted by Gasteiger charge is 2.22. The number of amides is 2. The summed E-state index contributed by atoms with van der Waals surface area (Å²) in [6.45, 7) is 9.38. The first-order valence-corrected chi connectivity index (χ1v) is 9.03.